The van der Waals surface area contributed by atoms with Crippen molar-refractivity contribution in [2.75, 3.05) is 0 Å². The van der Waals surface area contributed by atoms with Crippen LogP contribution in [0.15, 0.2) is 109 Å². The molecule has 0 unspecified atom stereocenters. The summed E-state index contributed by atoms with van der Waals surface area (Å²) in [6.07, 6.45) is 0. The van der Waals surface area contributed by atoms with E-state index < -0.39 is 0 Å². The van der Waals surface area contributed by atoms with Crippen molar-refractivity contribution in [3.8, 4) is 23.7 Å². The highest BCUT2D eigenvalue weighted by Gasteiger charge is 2.04. The first-order valence-corrected chi connectivity index (χ1v) is 9.96. The highest BCUT2D eigenvalue weighted by molar-refractivity contribution is 6.02. The highest BCUT2D eigenvalue weighted by Crippen LogP contribution is 2.27. The number of rotatable bonds is 0. The summed E-state index contributed by atoms with van der Waals surface area (Å²) < 4.78 is 0. The Bertz CT molecular complexity index is 1360. The largest absolute Gasteiger partial charge is 0.0622 e. The van der Waals surface area contributed by atoms with Gasteiger partial charge in [0.25, 0.3) is 0 Å². The van der Waals surface area contributed by atoms with Crippen molar-refractivity contribution in [3.05, 3.63) is 131 Å². The van der Waals surface area contributed by atoms with Gasteiger partial charge in [0.05, 0.1) is 0 Å². The molecule has 5 aromatic carbocycles. The molecule has 0 aliphatic rings. The Balaban J connectivity index is 1.66. The van der Waals surface area contributed by atoms with Crippen molar-refractivity contribution in [3.63, 3.8) is 0 Å². The summed E-state index contributed by atoms with van der Waals surface area (Å²) >= 11 is 0. The molecule has 0 spiro atoms. The van der Waals surface area contributed by atoms with Gasteiger partial charge >= 0.3 is 0 Å². The second-order valence-corrected chi connectivity index (χ2v) is 7.14. The average molecular weight is 378 g/mol. The smallest absolute Gasteiger partial charge is 0.0327 e. The summed E-state index contributed by atoms with van der Waals surface area (Å²) in [4.78, 5) is 0. The average Bonchev–Trinajstić information content (AvgIpc) is 2.81. The molecule has 0 radical (unpaired) electrons. The SMILES string of the molecule is C(#Cc1cccc2cc3cccc(C#Cc4ccccc4)c3cc12)c1ccccc1. The Kier molecular flexibility index (Phi) is 4.75. The summed E-state index contributed by atoms with van der Waals surface area (Å²) in [5.74, 6) is 13.3. The molecule has 0 amide bonds. The first kappa shape index (κ1) is 17.8. The lowest BCUT2D eigenvalue weighted by Crippen LogP contribution is -1.85. The van der Waals surface area contributed by atoms with Crippen LogP contribution in [0.4, 0.5) is 0 Å². The second kappa shape index (κ2) is 8.00. The van der Waals surface area contributed by atoms with Gasteiger partial charge in [-0.05, 0) is 70.1 Å². The molecule has 0 saturated carbocycles. The van der Waals surface area contributed by atoms with Crippen LogP contribution >= 0.6 is 0 Å². The van der Waals surface area contributed by atoms with Crippen LogP contribution in [-0.2, 0) is 0 Å². The van der Waals surface area contributed by atoms with E-state index in [1.807, 2.05) is 60.7 Å². The lowest BCUT2D eigenvalue weighted by molar-refractivity contribution is 1.64. The van der Waals surface area contributed by atoms with E-state index in [1.54, 1.807) is 0 Å². The molecule has 0 aliphatic heterocycles. The predicted molar refractivity (Wildman–Crippen MR) is 126 cm³/mol. The lowest BCUT2D eigenvalue weighted by Gasteiger charge is -2.06. The normalized spacial score (nSPS) is 10.1. The van der Waals surface area contributed by atoms with Gasteiger partial charge in [-0.25, -0.2) is 0 Å². The third kappa shape index (κ3) is 3.68. The number of hydrogen-bond acceptors (Lipinski definition) is 0. The van der Waals surface area contributed by atoms with Crippen LogP contribution in [0.1, 0.15) is 22.3 Å². The van der Waals surface area contributed by atoms with Crippen LogP contribution in [-0.4, -0.2) is 0 Å². The summed E-state index contributed by atoms with van der Waals surface area (Å²) in [7, 11) is 0. The molecule has 0 aliphatic carbocycles. The van der Waals surface area contributed by atoms with Crippen LogP contribution in [0.5, 0.6) is 0 Å². The van der Waals surface area contributed by atoms with Gasteiger partial charge in [-0.15, -0.1) is 0 Å². The molecule has 0 saturated heterocycles. The minimum Gasteiger partial charge on any atom is -0.0622 e. The van der Waals surface area contributed by atoms with Crippen molar-refractivity contribution in [2.45, 2.75) is 0 Å². The molecule has 0 nitrogen and oxygen atoms in total. The fraction of sp³-hybridized carbons (Fsp3) is 0. The predicted octanol–water partition coefficient (Wildman–Crippen LogP) is 6.79. The van der Waals surface area contributed by atoms with Crippen LogP contribution in [0.3, 0.4) is 0 Å². The number of hydrogen-bond donors (Lipinski definition) is 0. The molecule has 0 heteroatoms. The van der Waals surface area contributed by atoms with Gasteiger partial charge in [0.1, 0.15) is 0 Å². The first-order valence-electron chi connectivity index (χ1n) is 9.96. The lowest BCUT2D eigenvalue weighted by atomic mass is 9.97. The second-order valence-electron chi connectivity index (χ2n) is 7.14. The Morgan fingerprint density at radius 2 is 0.833 bits per heavy atom. The van der Waals surface area contributed by atoms with E-state index in [4.69, 9.17) is 0 Å². The molecule has 0 bridgehead atoms. The fourth-order valence-corrected chi connectivity index (χ4v) is 3.59. The van der Waals surface area contributed by atoms with Crippen molar-refractivity contribution >= 4 is 21.5 Å². The number of benzene rings is 5. The molecule has 0 atom stereocenters. The Morgan fingerprint density at radius 1 is 0.367 bits per heavy atom. The summed E-state index contributed by atoms with van der Waals surface area (Å²) in [6, 6.07) is 37.3. The molecule has 0 heterocycles. The van der Waals surface area contributed by atoms with Gasteiger partial charge in [0, 0.05) is 22.3 Å². The van der Waals surface area contributed by atoms with E-state index in [1.165, 1.54) is 10.8 Å². The van der Waals surface area contributed by atoms with Crippen molar-refractivity contribution in [1.29, 1.82) is 0 Å². The van der Waals surface area contributed by atoms with Crippen molar-refractivity contribution < 1.29 is 0 Å². The zero-order valence-corrected chi connectivity index (χ0v) is 16.4. The summed E-state index contributed by atoms with van der Waals surface area (Å²) in [6.45, 7) is 0. The van der Waals surface area contributed by atoms with E-state index in [9.17, 15) is 0 Å². The molecule has 138 valence electrons. The Morgan fingerprint density at radius 3 is 1.30 bits per heavy atom. The standard InChI is InChI=1S/C30H18/c1-3-9-23(10-4-1)17-19-25-13-7-15-27-21-28-16-8-14-26(30(28)22-29(25)27)20-18-24-11-5-2-6-12-24/h1-16,21-22H. The highest BCUT2D eigenvalue weighted by atomic mass is 14.1. The quantitative estimate of drug-likeness (QED) is 0.205. The van der Waals surface area contributed by atoms with Crippen molar-refractivity contribution in [2.24, 2.45) is 0 Å². The van der Waals surface area contributed by atoms with E-state index >= 15 is 0 Å². The third-order valence-electron chi connectivity index (χ3n) is 5.11. The Hall–Kier alpha value is -4.26. The van der Waals surface area contributed by atoms with Gasteiger partial charge in [0.15, 0.2) is 0 Å². The van der Waals surface area contributed by atoms with Gasteiger partial charge < -0.3 is 0 Å². The topological polar surface area (TPSA) is 0 Å². The summed E-state index contributed by atoms with van der Waals surface area (Å²) in [5.41, 5.74) is 4.10. The van der Waals surface area contributed by atoms with Gasteiger partial charge in [-0.3, -0.25) is 0 Å². The van der Waals surface area contributed by atoms with Crippen LogP contribution in [0, 0.1) is 23.7 Å². The fourth-order valence-electron chi connectivity index (χ4n) is 3.59. The van der Waals surface area contributed by atoms with E-state index in [2.05, 4.69) is 72.2 Å². The molecule has 0 aromatic heterocycles. The summed E-state index contributed by atoms with van der Waals surface area (Å²) in [5, 5.41) is 4.69. The number of fused-ring (bicyclic) bond motifs is 2. The molecule has 5 rings (SSSR count). The van der Waals surface area contributed by atoms with Gasteiger partial charge in [-0.1, -0.05) is 84.3 Å². The minimum absolute atomic E-state index is 1.02. The molecule has 30 heavy (non-hydrogen) atoms. The first-order chi connectivity index (χ1) is 14.9. The van der Waals surface area contributed by atoms with Gasteiger partial charge in [0.2, 0.25) is 0 Å². The van der Waals surface area contributed by atoms with Crippen molar-refractivity contribution in [1.82, 2.24) is 0 Å². The van der Waals surface area contributed by atoms with Crippen LogP contribution in [0.2, 0.25) is 0 Å². The molecule has 5 aromatic rings. The van der Waals surface area contributed by atoms with E-state index in [0.717, 1.165) is 33.0 Å². The monoisotopic (exact) mass is 378 g/mol. The van der Waals surface area contributed by atoms with E-state index in [-0.39, 0.29) is 0 Å². The maximum atomic E-state index is 3.36. The minimum atomic E-state index is 1.02. The molecule has 0 N–H and O–H groups in total. The van der Waals surface area contributed by atoms with Crippen LogP contribution < -0.4 is 0 Å². The zero-order valence-electron chi connectivity index (χ0n) is 16.4. The molecular weight excluding hydrogens is 360 g/mol. The zero-order chi connectivity index (χ0) is 20.2. The molecule has 0 fully saturated rings. The maximum absolute atomic E-state index is 3.36. The third-order valence-corrected chi connectivity index (χ3v) is 5.11. The molecular formula is C30H18. The maximum Gasteiger partial charge on any atom is 0.0327 e. The van der Waals surface area contributed by atoms with Crippen LogP contribution in [0.25, 0.3) is 21.5 Å². The van der Waals surface area contributed by atoms with E-state index in [0.29, 0.717) is 0 Å². The van der Waals surface area contributed by atoms with Gasteiger partial charge in [-0.2, -0.15) is 0 Å². The Labute approximate surface area is 176 Å².